The molecule has 0 aliphatic carbocycles. The molecule has 0 amide bonds. The highest BCUT2D eigenvalue weighted by molar-refractivity contribution is 7.85. The molecular formula is C6H5S. The maximum absolute atomic E-state index is 4.30. The molecule has 0 aliphatic heterocycles. The smallest absolute Gasteiger partial charge is 0.0148 e. The molecule has 0 rings (SSSR count). The van der Waals surface area contributed by atoms with Gasteiger partial charge in [-0.1, -0.05) is 12.8 Å². The van der Waals surface area contributed by atoms with Crippen molar-refractivity contribution in [1.29, 1.82) is 0 Å². The van der Waals surface area contributed by atoms with Crippen molar-refractivity contribution in [3.05, 3.63) is 0 Å². The van der Waals surface area contributed by atoms with Gasteiger partial charge in [-0.25, -0.2) is 0 Å². The average molecular weight is 109 g/mol. The molecular weight excluding hydrogens is 104 g/mol. The molecule has 0 atom stereocenters. The van der Waals surface area contributed by atoms with Crippen molar-refractivity contribution in [2.45, 2.75) is 13.3 Å². The summed E-state index contributed by atoms with van der Waals surface area (Å²) in [5.74, 6) is 7.78. The monoisotopic (exact) mass is 109 g/mol. The van der Waals surface area contributed by atoms with Crippen LogP contribution < -0.4 is 0 Å². The Bertz CT molecular complexity index is 137. The molecule has 0 aromatic carbocycles. The predicted molar refractivity (Wildman–Crippen MR) is 33.4 cm³/mol. The third-order valence-electron chi connectivity index (χ3n) is 0.379. The highest BCUT2D eigenvalue weighted by atomic mass is 32.1. The fraction of sp³-hybridized carbons (Fsp3) is 0.333. The second kappa shape index (κ2) is 5.34. The molecule has 0 heterocycles. The summed E-state index contributed by atoms with van der Waals surface area (Å²) in [6.45, 7) is 1.97. The van der Waals surface area contributed by atoms with Crippen LogP contribution in [0.1, 0.15) is 13.3 Å². The molecule has 7 heavy (non-hydrogen) atoms. The molecule has 0 aromatic heterocycles. The summed E-state index contributed by atoms with van der Waals surface area (Å²) in [6.07, 6.45) is 0.851. The van der Waals surface area contributed by atoms with E-state index in [0.29, 0.717) is 0 Å². The molecule has 1 heteroatoms. The fourth-order valence-electron chi connectivity index (χ4n) is 0.158. The van der Waals surface area contributed by atoms with Crippen molar-refractivity contribution >= 4 is 12.6 Å². The lowest BCUT2D eigenvalue weighted by Gasteiger charge is -1.59. The normalized spacial score (nSPS) is 4.71. The molecule has 0 spiro atoms. The lowest BCUT2D eigenvalue weighted by atomic mass is 10.5. The van der Waals surface area contributed by atoms with Crippen molar-refractivity contribution in [3.8, 4) is 23.0 Å². The van der Waals surface area contributed by atoms with Crippen LogP contribution in [0.4, 0.5) is 0 Å². The van der Waals surface area contributed by atoms with Crippen molar-refractivity contribution in [3.63, 3.8) is 0 Å². The van der Waals surface area contributed by atoms with E-state index in [1.807, 2.05) is 6.92 Å². The van der Waals surface area contributed by atoms with E-state index in [2.05, 4.69) is 35.6 Å². The first-order valence-electron chi connectivity index (χ1n) is 2.01. The Labute approximate surface area is 49.7 Å². The Morgan fingerprint density at radius 3 is 2.57 bits per heavy atom. The van der Waals surface area contributed by atoms with Gasteiger partial charge >= 0.3 is 0 Å². The van der Waals surface area contributed by atoms with Gasteiger partial charge in [0.2, 0.25) is 0 Å². The lowest BCUT2D eigenvalue weighted by Crippen LogP contribution is -1.49. The SMILES string of the molecule is CCC#CC#C[S]. The van der Waals surface area contributed by atoms with Gasteiger partial charge in [0.25, 0.3) is 0 Å². The number of rotatable bonds is 0. The van der Waals surface area contributed by atoms with Crippen LogP contribution in [0.25, 0.3) is 0 Å². The highest BCUT2D eigenvalue weighted by Gasteiger charge is 1.53. The van der Waals surface area contributed by atoms with Gasteiger partial charge in [0, 0.05) is 17.6 Å². The zero-order chi connectivity index (χ0) is 5.54. The third-order valence-corrected chi connectivity index (χ3v) is 0.481. The van der Waals surface area contributed by atoms with E-state index in [1.165, 1.54) is 0 Å². The first-order valence-corrected chi connectivity index (χ1v) is 2.42. The Hall–Kier alpha value is -0.660. The van der Waals surface area contributed by atoms with E-state index >= 15 is 0 Å². The fourth-order valence-corrected chi connectivity index (χ4v) is 0.209. The number of hydrogen-bond acceptors (Lipinski definition) is 0. The molecule has 1 radical (unpaired) electrons. The van der Waals surface area contributed by atoms with Crippen molar-refractivity contribution < 1.29 is 0 Å². The van der Waals surface area contributed by atoms with Crippen molar-refractivity contribution in [2.75, 3.05) is 0 Å². The summed E-state index contributed by atoms with van der Waals surface area (Å²) < 4.78 is 0. The molecule has 0 unspecified atom stereocenters. The van der Waals surface area contributed by atoms with Crippen LogP contribution in [-0.2, 0) is 0 Å². The first-order chi connectivity index (χ1) is 3.41. The Balaban J connectivity index is 3.39. The van der Waals surface area contributed by atoms with Gasteiger partial charge in [-0.05, 0) is 18.5 Å². The van der Waals surface area contributed by atoms with E-state index in [-0.39, 0.29) is 0 Å². The van der Waals surface area contributed by atoms with Gasteiger partial charge in [-0.3, -0.25) is 0 Å². The predicted octanol–water partition coefficient (Wildman–Crippen LogP) is 1.56. The van der Waals surface area contributed by atoms with Crippen LogP contribution in [0.2, 0.25) is 0 Å². The molecule has 0 saturated carbocycles. The summed E-state index contributed by atoms with van der Waals surface area (Å²) in [5.41, 5.74) is 0. The minimum absolute atomic E-state index is 0.851. The van der Waals surface area contributed by atoms with Gasteiger partial charge in [0.1, 0.15) is 0 Å². The van der Waals surface area contributed by atoms with E-state index in [9.17, 15) is 0 Å². The Kier molecular flexibility index (Phi) is 4.84. The zero-order valence-corrected chi connectivity index (χ0v) is 4.93. The molecule has 35 valence electrons. The van der Waals surface area contributed by atoms with Crippen LogP contribution >= 0.6 is 12.6 Å². The minimum Gasteiger partial charge on any atom is -0.0893 e. The second-order valence-electron chi connectivity index (χ2n) is 0.882. The Morgan fingerprint density at radius 2 is 2.14 bits per heavy atom. The van der Waals surface area contributed by atoms with Crippen LogP contribution in [-0.4, -0.2) is 0 Å². The van der Waals surface area contributed by atoms with Gasteiger partial charge in [-0.2, -0.15) is 0 Å². The molecule has 0 fully saturated rings. The molecule has 0 aliphatic rings. The van der Waals surface area contributed by atoms with E-state index in [4.69, 9.17) is 0 Å². The summed E-state index contributed by atoms with van der Waals surface area (Å²) in [5, 5.41) is 2.26. The first kappa shape index (κ1) is 6.34. The maximum Gasteiger partial charge on any atom is 0.0148 e. The molecule has 0 saturated heterocycles. The van der Waals surface area contributed by atoms with Gasteiger partial charge in [0.15, 0.2) is 0 Å². The maximum atomic E-state index is 4.30. The lowest BCUT2D eigenvalue weighted by molar-refractivity contribution is 1.28. The van der Waals surface area contributed by atoms with Crippen LogP contribution in [0, 0.1) is 23.0 Å². The topological polar surface area (TPSA) is 0 Å². The van der Waals surface area contributed by atoms with E-state index < -0.39 is 0 Å². The van der Waals surface area contributed by atoms with E-state index in [1.54, 1.807) is 0 Å². The third kappa shape index (κ3) is 5.34. The van der Waals surface area contributed by atoms with Gasteiger partial charge in [0.05, 0.1) is 0 Å². The molecule has 0 N–H and O–H groups in total. The molecule has 0 aromatic rings. The van der Waals surface area contributed by atoms with Gasteiger partial charge in [-0.15, -0.1) is 0 Å². The summed E-state index contributed by atoms with van der Waals surface area (Å²) >= 11 is 4.30. The second-order valence-corrected chi connectivity index (χ2v) is 1.09. The Morgan fingerprint density at radius 1 is 1.43 bits per heavy atom. The zero-order valence-electron chi connectivity index (χ0n) is 4.12. The van der Waals surface area contributed by atoms with Crippen LogP contribution in [0.3, 0.4) is 0 Å². The number of hydrogen-bond donors (Lipinski definition) is 0. The summed E-state index contributed by atoms with van der Waals surface area (Å²) in [6, 6.07) is 0. The van der Waals surface area contributed by atoms with E-state index in [0.717, 1.165) is 6.42 Å². The van der Waals surface area contributed by atoms with Crippen molar-refractivity contribution in [2.24, 2.45) is 0 Å². The minimum atomic E-state index is 0.851. The quantitative estimate of drug-likeness (QED) is 0.414. The molecule has 0 nitrogen and oxygen atoms in total. The summed E-state index contributed by atoms with van der Waals surface area (Å²) in [4.78, 5) is 0. The molecule has 0 bridgehead atoms. The van der Waals surface area contributed by atoms with Crippen LogP contribution in [0.5, 0.6) is 0 Å². The standard InChI is InChI=1S/C6H5S/c1-2-3-4-5-6-7/h2H2,1H3. The largest absolute Gasteiger partial charge is 0.0893 e. The van der Waals surface area contributed by atoms with Crippen molar-refractivity contribution in [1.82, 2.24) is 0 Å². The van der Waals surface area contributed by atoms with Gasteiger partial charge < -0.3 is 0 Å². The highest BCUT2D eigenvalue weighted by Crippen LogP contribution is 1.65. The van der Waals surface area contributed by atoms with Crippen LogP contribution in [0.15, 0.2) is 0 Å². The average Bonchev–Trinajstić information content (AvgIpc) is 1.69. The summed E-state index contributed by atoms with van der Waals surface area (Å²) in [7, 11) is 0.